The largest absolute Gasteiger partial charge is 0.508 e. The Morgan fingerprint density at radius 1 is 0.933 bits per heavy atom. The predicted octanol–water partition coefficient (Wildman–Crippen LogP) is 2.52. The zero-order chi connectivity index (χ0) is 10.7. The summed E-state index contributed by atoms with van der Waals surface area (Å²) in [6, 6.07) is 15.2. The number of rotatable bonds is 2. The molecule has 76 valence electrons. The Kier molecular flexibility index (Phi) is 2.70. The van der Waals surface area contributed by atoms with E-state index in [9.17, 15) is 5.11 Å². The number of hydrogen-bond acceptors (Lipinski definition) is 2. The molecule has 0 aromatic heterocycles. The number of aromatic hydroxyl groups is 1. The summed E-state index contributed by atoms with van der Waals surface area (Å²) in [6.07, 6.45) is 0. The first-order chi connectivity index (χ1) is 7.29. The quantitative estimate of drug-likeness (QED) is 0.780. The third-order valence-corrected chi connectivity index (χ3v) is 2.34. The fourth-order valence-corrected chi connectivity index (χ4v) is 1.56. The monoisotopic (exact) mass is 199 g/mol. The second-order valence-electron chi connectivity index (χ2n) is 3.45. The standard InChI is InChI=1S/C13H13NO/c14-9-10-3-1-4-11(7-10)12-5-2-6-13(15)8-12/h1-8,15H,9,14H2. The lowest BCUT2D eigenvalue weighted by Crippen LogP contribution is -1.95. The summed E-state index contributed by atoms with van der Waals surface area (Å²) in [6.45, 7) is 0.534. The van der Waals surface area contributed by atoms with Crippen molar-refractivity contribution in [3.63, 3.8) is 0 Å². The highest BCUT2D eigenvalue weighted by Gasteiger charge is 1.99. The highest BCUT2D eigenvalue weighted by atomic mass is 16.3. The fourth-order valence-electron chi connectivity index (χ4n) is 1.56. The maximum absolute atomic E-state index is 9.38. The minimum Gasteiger partial charge on any atom is -0.508 e. The molecule has 2 aromatic carbocycles. The summed E-state index contributed by atoms with van der Waals surface area (Å²) in [4.78, 5) is 0. The van der Waals surface area contributed by atoms with Crippen LogP contribution in [-0.2, 0) is 6.54 Å². The van der Waals surface area contributed by atoms with Crippen LogP contribution in [-0.4, -0.2) is 5.11 Å². The van der Waals surface area contributed by atoms with E-state index in [-0.39, 0.29) is 5.75 Å². The van der Waals surface area contributed by atoms with Gasteiger partial charge in [0.25, 0.3) is 0 Å². The average molecular weight is 199 g/mol. The van der Waals surface area contributed by atoms with Crippen LogP contribution in [0.5, 0.6) is 5.75 Å². The van der Waals surface area contributed by atoms with E-state index in [0.717, 1.165) is 16.7 Å². The van der Waals surface area contributed by atoms with E-state index in [1.807, 2.05) is 36.4 Å². The molecule has 0 radical (unpaired) electrons. The molecule has 3 N–H and O–H groups in total. The molecular weight excluding hydrogens is 186 g/mol. The number of hydrogen-bond donors (Lipinski definition) is 2. The minimum absolute atomic E-state index is 0.283. The normalized spacial score (nSPS) is 10.2. The van der Waals surface area contributed by atoms with E-state index >= 15 is 0 Å². The Labute approximate surface area is 89.0 Å². The minimum atomic E-state index is 0.283. The lowest BCUT2D eigenvalue weighted by molar-refractivity contribution is 0.475. The van der Waals surface area contributed by atoms with Crippen LogP contribution in [0.1, 0.15) is 5.56 Å². The second kappa shape index (κ2) is 4.15. The zero-order valence-electron chi connectivity index (χ0n) is 8.35. The Balaban J connectivity index is 2.44. The van der Waals surface area contributed by atoms with Gasteiger partial charge in [-0.25, -0.2) is 0 Å². The molecule has 0 saturated heterocycles. The van der Waals surface area contributed by atoms with Crippen LogP contribution < -0.4 is 5.73 Å². The van der Waals surface area contributed by atoms with Crippen LogP contribution in [0, 0.1) is 0 Å². The molecule has 0 fully saturated rings. The van der Waals surface area contributed by atoms with Gasteiger partial charge < -0.3 is 10.8 Å². The first-order valence-corrected chi connectivity index (χ1v) is 4.88. The number of benzene rings is 2. The third kappa shape index (κ3) is 2.17. The zero-order valence-corrected chi connectivity index (χ0v) is 8.35. The lowest BCUT2D eigenvalue weighted by atomic mass is 10.0. The maximum Gasteiger partial charge on any atom is 0.116 e. The fraction of sp³-hybridized carbons (Fsp3) is 0.0769. The molecule has 0 aliphatic rings. The number of phenols is 1. The van der Waals surface area contributed by atoms with Gasteiger partial charge in [0.1, 0.15) is 5.75 Å². The van der Waals surface area contributed by atoms with Crippen molar-refractivity contribution >= 4 is 0 Å². The van der Waals surface area contributed by atoms with Gasteiger partial charge in [-0.05, 0) is 34.9 Å². The summed E-state index contributed by atoms with van der Waals surface area (Å²) in [5, 5.41) is 9.38. The van der Waals surface area contributed by atoms with Gasteiger partial charge in [-0.3, -0.25) is 0 Å². The van der Waals surface area contributed by atoms with Crippen molar-refractivity contribution in [2.24, 2.45) is 5.73 Å². The molecule has 0 amide bonds. The molecule has 0 bridgehead atoms. The van der Waals surface area contributed by atoms with Crippen molar-refractivity contribution in [1.82, 2.24) is 0 Å². The molecule has 0 aliphatic carbocycles. The molecule has 0 saturated carbocycles. The molecule has 2 rings (SSSR count). The van der Waals surface area contributed by atoms with Crippen molar-refractivity contribution in [3.8, 4) is 16.9 Å². The molecule has 0 atom stereocenters. The van der Waals surface area contributed by atoms with Crippen molar-refractivity contribution in [3.05, 3.63) is 54.1 Å². The van der Waals surface area contributed by atoms with Crippen LogP contribution in [0.3, 0.4) is 0 Å². The molecule has 0 heterocycles. The van der Waals surface area contributed by atoms with Crippen LogP contribution >= 0.6 is 0 Å². The van der Waals surface area contributed by atoms with Crippen molar-refractivity contribution in [2.75, 3.05) is 0 Å². The van der Waals surface area contributed by atoms with Gasteiger partial charge in [0.2, 0.25) is 0 Å². The van der Waals surface area contributed by atoms with E-state index in [2.05, 4.69) is 0 Å². The van der Waals surface area contributed by atoms with Gasteiger partial charge in [0.05, 0.1) is 0 Å². The Hall–Kier alpha value is -1.80. The molecule has 2 heteroatoms. The number of phenolic OH excluding ortho intramolecular Hbond substituents is 1. The summed E-state index contributed by atoms with van der Waals surface area (Å²) in [5.41, 5.74) is 8.75. The molecule has 2 aromatic rings. The Morgan fingerprint density at radius 2 is 1.60 bits per heavy atom. The maximum atomic E-state index is 9.38. The van der Waals surface area contributed by atoms with Crippen LogP contribution in [0.2, 0.25) is 0 Å². The van der Waals surface area contributed by atoms with E-state index < -0.39 is 0 Å². The Bertz CT molecular complexity index is 466. The predicted molar refractivity (Wildman–Crippen MR) is 61.4 cm³/mol. The highest BCUT2D eigenvalue weighted by Crippen LogP contribution is 2.23. The first-order valence-electron chi connectivity index (χ1n) is 4.88. The SMILES string of the molecule is NCc1cccc(-c2cccc(O)c2)c1. The average Bonchev–Trinajstić information content (AvgIpc) is 2.29. The lowest BCUT2D eigenvalue weighted by Gasteiger charge is -2.04. The van der Waals surface area contributed by atoms with Crippen LogP contribution in [0.15, 0.2) is 48.5 Å². The molecule has 2 nitrogen and oxygen atoms in total. The summed E-state index contributed by atoms with van der Waals surface area (Å²) in [7, 11) is 0. The van der Waals surface area contributed by atoms with Gasteiger partial charge in [-0.2, -0.15) is 0 Å². The molecule has 0 unspecified atom stereocenters. The van der Waals surface area contributed by atoms with Gasteiger partial charge in [-0.1, -0.05) is 30.3 Å². The highest BCUT2D eigenvalue weighted by molar-refractivity contribution is 5.65. The van der Waals surface area contributed by atoms with Gasteiger partial charge in [0.15, 0.2) is 0 Å². The van der Waals surface area contributed by atoms with Crippen LogP contribution in [0.4, 0.5) is 0 Å². The number of nitrogens with two attached hydrogens (primary N) is 1. The molecular formula is C13H13NO. The Morgan fingerprint density at radius 3 is 2.27 bits per heavy atom. The summed E-state index contributed by atoms with van der Waals surface area (Å²) >= 11 is 0. The van der Waals surface area contributed by atoms with Crippen molar-refractivity contribution in [1.29, 1.82) is 0 Å². The van der Waals surface area contributed by atoms with E-state index in [1.165, 1.54) is 0 Å². The van der Waals surface area contributed by atoms with Crippen molar-refractivity contribution < 1.29 is 5.11 Å². The summed E-state index contributed by atoms with van der Waals surface area (Å²) in [5.74, 6) is 0.283. The third-order valence-electron chi connectivity index (χ3n) is 2.34. The van der Waals surface area contributed by atoms with Gasteiger partial charge in [0, 0.05) is 6.54 Å². The van der Waals surface area contributed by atoms with E-state index in [1.54, 1.807) is 12.1 Å². The van der Waals surface area contributed by atoms with E-state index in [0.29, 0.717) is 6.54 Å². The van der Waals surface area contributed by atoms with Gasteiger partial charge in [-0.15, -0.1) is 0 Å². The van der Waals surface area contributed by atoms with Crippen LogP contribution in [0.25, 0.3) is 11.1 Å². The topological polar surface area (TPSA) is 46.2 Å². The smallest absolute Gasteiger partial charge is 0.116 e. The molecule has 15 heavy (non-hydrogen) atoms. The van der Waals surface area contributed by atoms with Gasteiger partial charge >= 0.3 is 0 Å². The molecule has 0 aliphatic heterocycles. The van der Waals surface area contributed by atoms with Crippen molar-refractivity contribution in [2.45, 2.75) is 6.54 Å². The second-order valence-corrected chi connectivity index (χ2v) is 3.45. The molecule has 0 spiro atoms. The summed E-state index contributed by atoms with van der Waals surface area (Å²) < 4.78 is 0. The first kappa shape index (κ1) is 9.74. The van der Waals surface area contributed by atoms with E-state index in [4.69, 9.17) is 5.73 Å².